The van der Waals surface area contributed by atoms with Gasteiger partial charge in [0, 0.05) is 41.6 Å². The minimum Gasteiger partial charge on any atom is -0.285 e. The summed E-state index contributed by atoms with van der Waals surface area (Å²) in [5, 5.41) is 0.622. The normalized spacial score (nSPS) is 11.9. The van der Waals surface area contributed by atoms with Gasteiger partial charge in [-0.05, 0) is 24.3 Å². The van der Waals surface area contributed by atoms with E-state index in [2.05, 4.69) is 31.9 Å². The summed E-state index contributed by atoms with van der Waals surface area (Å²) in [6.07, 6.45) is 0. The van der Waals surface area contributed by atoms with Crippen molar-refractivity contribution in [2.24, 2.45) is 0 Å². The Bertz CT molecular complexity index is 1170. The average Bonchev–Trinajstić information content (AvgIpc) is 2.49. The third kappa shape index (κ3) is 1.46. The summed E-state index contributed by atoms with van der Waals surface area (Å²) in [6, 6.07) is 6.02. The quantitative estimate of drug-likeness (QED) is 0.324. The van der Waals surface area contributed by atoms with Crippen molar-refractivity contribution in [3.63, 3.8) is 0 Å². The van der Waals surface area contributed by atoms with Crippen LogP contribution in [0.1, 0.15) is 0 Å². The molecule has 0 saturated carbocycles. The average molecular weight is 420 g/mol. The van der Waals surface area contributed by atoms with Gasteiger partial charge in [-0.25, -0.2) is 0 Å². The Kier molecular flexibility index (Phi) is 2.68. The lowest BCUT2D eigenvalue weighted by Gasteiger charge is -2.15. The van der Waals surface area contributed by atoms with Crippen molar-refractivity contribution in [2.45, 2.75) is 0 Å². The Morgan fingerprint density at radius 1 is 0.545 bits per heavy atom. The van der Waals surface area contributed by atoms with Gasteiger partial charge in [-0.1, -0.05) is 31.9 Å². The standard InChI is InChI=1S/C16H4Br2O4/c17-7-3-1-5-9-10-6(14(20)13(5)19)2-4-8(18)12(10)16(22)15(21)11(7)9/h1-4H. The molecule has 2 aliphatic carbocycles. The highest BCUT2D eigenvalue weighted by atomic mass is 79.9. The molecule has 0 fully saturated rings. The zero-order valence-corrected chi connectivity index (χ0v) is 13.9. The van der Waals surface area contributed by atoms with Crippen LogP contribution in [0.25, 0.3) is 32.7 Å². The number of hydrogen-bond donors (Lipinski definition) is 0. The maximum atomic E-state index is 12.4. The molecular formula is C16H4Br2O4. The van der Waals surface area contributed by atoms with E-state index in [9.17, 15) is 19.2 Å². The molecule has 2 aromatic carbocycles. The van der Waals surface area contributed by atoms with E-state index < -0.39 is 21.7 Å². The second-order valence-electron chi connectivity index (χ2n) is 5.01. The van der Waals surface area contributed by atoms with Gasteiger partial charge in [-0.2, -0.15) is 0 Å². The summed E-state index contributed by atoms with van der Waals surface area (Å²) >= 11 is 6.51. The van der Waals surface area contributed by atoms with E-state index in [1.165, 1.54) is 24.3 Å². The number of rotatable bonds is 0. The molecule has 0 aliphatic heterocycles. The van der Waals surface area contributed by atoms with Crippen molar-refractivity contribution in [2.75, 3.05) is 0 Å². The van der Waals surface area contributed by atoms with Crippen LogP contribution in [-0.4, -0.2) is 0 Å². The molecule has 0 bridgehead atoms. The monoisotopic (exact) mass is 418 g/mol. The first-order valence-electron chi connectivity index (χ1n) is 6.27. The van der Waals surface area contributed by atoms with Crippen molar-refractivity contribution in [3.05, 3.63) is 74.1 Å². The van der Waals surface area contributed by atoms with Gasteiger partial charge in [0.1, 0.15) is 0 Å². The fraction of sp³-hybridized carbons (Fsp3) is 0. The first-order chi connectivity index (χ1) is 10.4. The van der Waals surface area contributed by atoms with E-state index in [-0.39, 0.29) is 21.5 Å². The Hall–Kier alpha value is -1.92. The van der Waals surface area contributed by atoms with E-state index in [1.54, 1.807) is 0 Å². The fourth-order valence-electron chi connectivity index (χ4n) is 2.97. The molecule has 0 saturated heterocycles. The molecule has 0 spiro atoms. The minimum absolute atomic E-state index is 0.148. The number of halogens is 2. The maximum absolute atomic E-state index is 12.4. The van der Waals surface area contributed by atoms with Crippen LogP contribution in [0.15, 0.2) is 52.4 Å². The number of hydrogen-bond acceptors (Lipinski definition) is 4. The number of benzene rings is 4. The summed E-state index contributed by atoms with van der Waals surface area (Å²) in [7, 11) is 0. The zero-order valence-electron chi connectivity index (χ0n) is 10.7. The predicted octanol–water partition coefficient (Wildman–Crippen LogP) is 2.38. The minimum atomic E-state index is -0.684. The SMILES string of the molecule is O=c1c(=O)c2ccc(Br)c3c2-c2c1ccc(Br)c2c(=O)c3=O. The summed E-state index contributed by atoms with van der Waals surface area (Å²) < 4.78 is 0.867. The molecule has 2 aromatic rings. The topological polar surface area (TPSA) is 68.3 Å². The molecule has 2 aliphatic rings. The Balaban J connectivity index is 2.65. The van der Waals surface area contributed by atoms with Crippen molar-refractivity contribution in [3.8, 4) is 11.1 Å². The zero-order chi connectivity index (χ0) is 15.8. The Labute approximate surface area is 138 Å². The van der Waals surface area contributed by atoms with Crippen molar-refractivity contribution in [1.82, 2.24) is 0 Å². The molecule has 0 unspecified atom stereocenters. The molecule has 106 valence electrons. The molecule has 22 heavy (non-hydrogen) atoms. The van der Waals surface area contributed by atoms with Crippen LogP contribution in [0.2, 0.25) is 0 Å². The lowest BCUT2D eigenvalue weighted by Crippen LogP contribution is -2.31. The Morgan fingerprint density at radius 3 is 1.27 bits per heavy atom. The molecule has 4 rings (SSSR count). The van der Waals surface area contributed by atoms with Crippen LogP contribution < -0.4 is 21.7 Å². The highest BCUT2D eigenvalue weighted by Gasteiger charge is 2.26. The largest absolute Gasteiger partial charge is 0.285 e. The summed E-state index contributed by atoms with van der Waals surface area (Å²) in [6.45, 7) is 0. The molecule has 6 heteroatoms. The molecule has 0 N–H and O–H groups in total. The second-order valence-corrected chi connectivity index (χ2v) is 6.72. The molecule has 0 amide bonds. The molecule has 0 atom stereocenters. The lowest BCUT2D eigenvalue weighted by atomic mass is 9.87. The molecule has 0 aromatic heterocycles. The summed E-state index contributed by atoms with van der Waals surface area (Å²) in [4.78, 5) is 49.4. The van der Waals surface area contributed by atoms with Crippen LogP contribution in [0, 0.1) is 0 Å². The van der Waals surface area contributed by atoms with Gasteiger partial charge in [-0.15, -0.1) is 0 Å². The molecule has 0 radical (unpaired) electrons. The van der Waals surface area contributed by atoms with E-state index in [0.717, 1.165) is 0 Å². The van der Waals surface area contributed by atoms with E-state index in [1.807, 2.05) is 0 Å². The van der Waals surface area contributed by atoms with Crippen LogP contribution >= 0.6 is 31.9 Å². The first kappa shape index (κ1) is 13.7. The highest BCUT2D eigenvalue weighted by Crippen LogP contribution is 2.39. The van der Waals surface area contributed by atoms with E-state index in [0.29, 0.717) is 20.1 Å². The molecule has 4 nitrogen and oxygen atoms in total. The maximum Gasteiger partial charge on any atom is 0.235 e. The molecule has 0 heterocycles. The van der Waals surface area contributed by atoms with Gasteiger partial charge in [0.15, 0.2) is 0 Å². The van der Waals surface area contributed by atoms with Crippen molar-refractivity contribution >= 4 is 53.4 Å². The predicted molar refractivity (Wildman–Crippen MR) is 92.1 cm³/mol. The smallest absolute Gasteiger partial charge is 0.235 e. The highest BCUT2D eigenvalue weighted by molar-refractivity contribution is 9.11. The van der Waals surface area contributed by atoms with Crippen molar-refractivity contribution in [1.29, 1.82) is 0 Å². The van der Waals surface area contributed by atoms with Gasteiger partial charge in [0.05, 0.1) is 0 Å². The second kappa shape index (κ2) is 4.30. The fourth-order valence-corrected chi connectivity index (χ4v) is 3.99. The first-order valence-corrected chi connectivity index (χ1v) is 7.85. The Morgan fingerprint density at radius 2 is 0.909 bits per heavy atom. The third-order valence-electron chi connectivity index (χ3n) is 3.91. The van der Waals surface area contributed by atoms with Gasteiger partial charge in [0.2, 0.25) is 21.7 Å². The molecular weight excluding hydrogens is 416 g/mol. The van der Waals surface area contributed by atoms with Crippen LogP contribution in [-0.2, 0) is 0 Å². The van der Waals surface area contributed by atoms with Gasteiger partial charge in [0.25, 0.3) is 0 Å². The van der Waals surface area contributed by atoms with Gasteiger partial charge >= 0.3 is 0 Å². The van der Waals surface area contributed by atoms with Gasteiger partial charge < -0.3 is 0 Å². The van der Waals surface area contributed by atoms with Crippen LogP contribution in [0.4, 0.5) is 0 Å². The van der Waals surface area contributed by atoms with Crippen molar-refractivity contribution < 1.29 is 0 Å². The van der Waals surface area contributed by atoms with E-state index >= 15 is 0 Å². The van der Waals surface area contributed by atoms with E-state index in [4.69, 9.17) is 0 Å². The third-order valence-corrected chi connectivity index (χ3v) is 5.24. The van der Waals surface area contributed by atoms with Crippen LogP contribution in [0.3, 0.4) is 0 Å². The summed E-state index contributed by atoms with van der Waals surface area (Å²) in [5.74, 6) is 0. The van der Waals surface area contributed by atoms with Crippen LogP contribution in [0.5, 0.6) is 0 Å². The van der Waals surface area contributed by atoms with Gasteiger partial charge in [-0.3, -0.25) is 19.2 Å². The summed E-state index contributed by atoms with van der Waals surface area (Å²) in [5.41, 5.74) is -1.95. The lowest BCUT2D eigenvalue weighted by molar-refractivity contribution is 1.48.